The maximum absolute atomic E-state index is 12.8. The van der Waals surface area contributed by atoms with Crippen LogP contribution in [-0.4, -0.2) is 68.3 Å². The first kappa shape index (κ1) is 23.8. The molecule has 0 spiro atoms. The molecule has 3 aromatic rings. The van der Waals surface area contributed by atoms with Crippen molar-refractivity contribution < 1.29 is 9.53 Å². The normalized spacial score (nSPS) is 22.4. The molecule has 1 saturated heterocycles. The summed E-state index contributed by atoms with van der Waals surface area (Å²) in [6, 6.07) is 1.96. The Balaban J connectivity index is 1.06. The Morgan fingerprint density at radius 1 is 1.29 bits per heavy atom. The highest BCUT2D eigenvalue weighted by Crippen LogP contribution is 2.49. The van der Waals surface area contributed by atoms with Gasteiger partial charge in [0.25, 0.3) is 0 Å². The minimum Gasteiger partial charge on any atom is -0.378 e. The minimum absolute atomic E-state index is 0.0602. The second-order valence-electron chi connectivity index (χ2n) is 11.5. The number of fused-ring (bicyclic) bond motifs is 4. The fraction of sp³-hybridized carbons (Fsp3) is 0.571. The first-order chi connectivity index (χ1) is 18.4. The molecule has 0 unspecified atom stereocenters. The highest BCUT2D eigenvalue weighted by Gasteiger charge is 2.47. The van der Waals surface area contributed by atoms with Crippen LogP contribution in [-0.2, 0) is 36.1 Å². The standard InChI is InChI=1S/C28H36N8O2/c1-17-10-25(21-13-30-34(3)26(21)31-17)35-8-5-24-22(15-35)18(2)33-36(24)14-19-4-6-28(11-20(19)12-28)32-27(37)23-16-38-9-7-29-23/h10,13,23,29H,4-9,11-12,14-16H2,1-3H3,(H,32,37)/t23-/m0/s1. The number of anilines is 1. The first-order valence-electron chi connectivity index (χ1n) is 13.8. The molecule has 1 atom stereocenters. The lowest BCUT2D eigenvalue weighted by Crippen LogP contribution is -2.62. The van der Waals surface area contributed by atoms with E-state index < -0.39 is 0 Å². The number of pyridine rings is 1. The summed E-state index contributed by atoms with van der Waals surface area (Å²) in [6.45, 7) is 8.75. The number of aryl methyl sites for hydroxylation is 3. The molecule has 38 heavy (non-hydrogen) atoms. The van der Waals surface area contributed by atoms with Crippen molar-refractivity contribution in [3.05, 3.63) is 46.1 Å². The molecular formula is C28H36N8O2. The van der Waals surface area contributed by atoms with Gasteiger partial charge in [-0.1, -0.05) is 5.57 Å². The van der Waals surface area contributed by atoms with Crippen LogP contribution in [0.3, 0.4) is 0 Å². The van der Waals surface area contributed by atoms with Gasteiger partial charge in [0.2, 0.25) is 5.91 Å². The van der Waals surface area contributed by atoms with Gasteiger partial charge < -0.3 is 20.3 Å². The lowest BCUT2D eigenvalue weighted by Gasteiger charge is -2.50. The van der Waals surface area contributed by atoms with Crippen LogP contribution in [0.4, 0.5) is 5.69 Å². The number of allylic oxidation sites excluding steroid dienone is 1. The van der Waals surface area contributed by atoms with Crippen molar-refractivity contribution in [2.45, 2.75) is 70.6 Å². The van der Waals surface area contributed by atoms with Gasteiger partial charge in [-0.3, -0.25) is 14.2 Å². The zero-order valence-electron chi connectivity index (χ0n) is 22.5. The lowest BCUT2D eigenvalue weighted by molar-refractivity contribution is -0.128. The molecule has 2 bridgehead atoms. The monoisotopic (exact) mass is 516 g/mol. The summed E-state index contributed by atoms with van der Waals surface area (Å²) in [7, 11) is 1.95. The lowest BCUT2D eigenvalue weighted by atomic mass is 9.62. The molecule has 10 heteroatoms. The summed E-state index contributed by atoms with van der Waals surface area (Å²) >= 11 is 0. The van der Waals surface area contributed by atoms with E-state index in [1.807, 2.05) is 17.9 Å². The van der Waals surface area contributed by atoms with Gasteiger partial charge in [0.05, 0.1) is 42.7 Å². The number of carbonyl (C=O) groups is 1. The molecular weight excluding hydrogens is 480 g/mol. The molecule has 200 valence electrons. The molecule has 5 heterocycles. The number of aromatic nitrogens is 5. The van der Waals surface area contributed by atoms with E-state index in [1.54, 1.807) is 0 Å². The molecule has 2 fully saturated rings. The van der Waals surface area contributed by atoms with Gasteiger partial charge >= 0.3 is 0 Å². The molecule has 2 aliphatic heterocycles. The van der Waals surface area contributed by atoms with Crippen LogP contribution in [0.25, 0.3) is 11.0 Å². The largest absolute Gasteiger partial charge is 0.378 e. The van der Waals surface area contributed by atoms with Gasteiger partial charge in [0.15, 0.2) is 5.65 Å². The van der Waals surface area contributed by atoms with Gasteiger partial charge in [-0.15, -0.1) is 0 Å². The van der Waals surface area contributed by atoms with Gasteiger partial charge in [-0.25, -0.2) is 4.98 Å². The number of rotatable bonds is 5. The fourth-order valence-electron chi connectivity index (χ4n) is 6.84. The maximum atomic E-state index is 12.8. The summed E-state index contributed by atoms with van der Waals surface area (Å²) in [5.74, 6) is 0.0847. The molecule has 8 rings (SSSR count). The van der Waals surface area contributed by atoms with Gasteiger partial charge in [-0.05, 0) is 51.2 Å². The van der Waals surface area contributed by atoms with Crippen molar-refractivity contribution in [2.75, 3.05) is 31.2 Å². The number of carbonyl (C=O) groups excluding carboxylic acids is 1. The van der Waals surface area contributed by atoms with Gasteiger partial charge in [-0.2, -0.15) is 10.2 Å². The Morgan fingerprint density at radius 3 is 2.92 bits per heavy atom. The maximum Gasteiger partial charge on any atom is 0.239 e. The topological polar surface area (TPSA) is 102 Å². The van der Waals surface area contributed by atoms with Crippen LogP contribution in [0.2, 0.25) is 0 Å². The summed E-state index contributed by atoms with van der Waals surface area (Å²) < 4.78 is 9.59. The van der Waals surface area contributed by atoms with Gasteiger partial charge in [0.1, 0.15) is 6.04 Å². The van der Waals surface area contributed by atoms with Crippen LogP contribution in [0.1, 0.15) is 48.3 Å². The Kier molecular flexibility index (Phi) is 5.59. The van der Waals surface area contributed by atoms with E-state index in [0.29, 0.717) is 13.2 Å². The zero-order chi connectivity index (χ0) is 26.0. The quantitative estimate of drug-likeness (QED) is 0.501. The fourth-order valence-corrected chi connectivity index (χ4v) is 6.84. The Hall–Kier alpha value is -3.24. The van der Waals surface area contributed by atoms with E-state index in [9.17, 15) is 4.79 Å². The van der Waals surface area contributed by atoms with Gasteiger partial charge in [0, 0.05) is 55.6 Å². The van der Waals surface area contributed by atoms with E-state index in [0.717, 1.165) is 80.7 Å². The average Bonchev–Trinajstić information content (AvgIpc) is 3.43. The predicted octanol–water partition coefficient (Wildman–Crippen LogP) is 2.07. The van der Waals surface area contributed by atoms with Crippen LogP contribution < -0.4 is 15.5 Å². The highest BCUT2D eigenvalue weighted by atomic mass is 16.5. The highest BCUT2D eigenvalue weighted by molar-refractivity contribution is 5.89. The number of nitrogens with zero attached hydrogens (tertiary/aromatic N) is 6. The van der Waals surface area contributed by atoms with E-state index in [1.165, 1.54) is 28.1 Å². The molecule has 0 radical (unpaired) electrons. The first-order valence-corrected chi connectivity index (χ1v) is 13.8. The molecule has 10 nitrogen and oxygen atoms in total. The van der Waals surface area contributed by atoms with Crippen LogP contribution >= 0.6 is 0 Å². The summed E-state index contributed by atoms with van der Waals surface area (Å²) in [6.07, 6.45) is 6.88. The Morgan fingerprint density at radius 2 is 2.16 bits per heavy atom. The summed E-state index contributed by atoms with van der Waals surface area (Å²) in [5.41, 5.74) is 9.95. The molecule has 1 saturated carbocycles. The van der Waals surface area contributed by atoms with Crippen molar-refractivity contribution in [3.63, 3.8) is 0 Å². The number of nitrogens with one attached hydrogen (secondary N) is 2. The average molecular weight is 517 g/mol. The third kappa shape index (κ3) is 3.92. The van der Waals surface area contributed by atoms with Crippen LogP contribution in [0, 0.1) is 13.8 Å². The summed E-state index contributed by atoms with van der Waals surface area (Å²) in [4.78, 5) is 19.9. The van der Waals surface area contributed by atoms with Crippen molar-refractivity contribution >= 4 is 22.6 Å². The Bertz CT molecular complexity index is 1450. The molecule has 3 aliphatic carbocycles. The van der Waals surface area contributed by atoms with E-state index in [-0.39, 0.29) is 17.5 Å². The van der Waals surface area contributed by atoms with Crippen molar-refractivity contribution in [3.8, 4) is 0 Å². The van der Waals surface area contributed by atoms with E-state index in [4.69, 9.17) is 14.8 Å². The summed E-state index contributed by atoms with van der Waals surface area (Å²) in [5, 5.41) is 17.2. The minimum atomic E-state index is -0.226. The number of hydrogen-bond acceptors (Lipinski definition) is 7. The van der Waals surface area contributed by atoms with E-state index >= 15 is 0 Å². The third-order valence-electron chi connectivity index (χ3n) is 8.96. The molecule has 0 aromatic carbocycles. The van der Waals surface area contributed by atoms with Crippen LogP contribution in [0.5, 0.6) is 0 Å². The van der Waals surface area contributed by atoms with E-state index in [2.05, 4.69) is 45.2 Å². The van der Waals surface area contributed by atoms with Crippen LogP contribution in [0.15, 0.2) is 23.4 Å². The molecule has 5 aliphatic rings. The zero-order valence-corrected chi connectivity index (χ0v) is 22.5. The number of morpholine rings is 1. The second-order valence-corrected chi connectivity index (χ2v) is 11.5. The molecule has 1 amide bonds. The second kappa shape index (κ2) is 8.91. The number of hydrogen-bond donors (Lipinski definition) is 2. The van der Waals surface area contributed by atoms with Crippen molar-refractivity contribution in [2.24, 2.45) is 7.05 Å². The Labute approximate surface area is 222 Å². The third-order valence-corrected chi connectivity index (χ3v) is 8.96. The van der Waals surface area contributed by atoms with Crippen molar-refractivity contribution in [1.82, 2.24) is 35.2 Å². The number of amides is 1. The van der Waals surface area contributed by atoms with Crippen molar-refractivity contribution in [1.29, 1.82) is 0 Å². The molecule has 2 N–H and O–H groups in total. The SMILES string of the molecule is Cc1cc(N2CCc3c(c(C)nn3CC3=C4CC(NC(=O)[C@@H]5COCCN5)(CC3)C4)C2)c2cnn(C)c2n1. The predicted molar refractivity (Wildman–Crippen MR) is 144 cm³/mol. The molecule has 3 aromatic heterocycles. The smallest absolute Gasteiger partial charge is 0.239 e. The number of ether oxygens (including phenoxy) is 1.